The molecule has 6 heteroatoms. The predicted molar refractivity (Wildman–Crippen MR) is 78.9 cm³/mol. The number of amides is 3. The molecule has 1 fully saturated rings. The van der Waals surface area contributed by atoms with Crippen molar-refractivity contribution in [3.05, 3.63) is 29.8 Å². The van der Waals surface area contributed by atoms with Crippen LogP contribution < -0.4 is 15.8 Å². The van der Waals surface area contributed by atoms with Crippen LogP contribution in [0.15, 0.2) is 24.3 Å². The molecule has 0 aromatic heterocycles. The number of hydrogen-bond donors (Lipinski definition) is 2. The molecular formula is C15H21N3O3. The van der Waals surface area contributed by atoms with E-state index in [1.54, 1.807) is 7.11 Å². The molecule has 0 aliphatic carbocycles. The van der Waals surface area contributed by atoms with Crippen molar-refractivity contribution >= 4 is 11.9 Å². The number of imide groups is 1. The van der Waals surface area contributed by atoms with Crippen LogP contribution >= 0.6 is 0 Å². The molecule has 21 heavy (non-hydrogen) atoms. The van der Waals surface area contributed by atoms with Crippen molar-refractivity contribution in [1.82, 2.24) is 10.2 Å². The van der Waals surface area contributed by atoms with Gasteiger partial charge in [-0.1, -0.05) is 12.1 Å². The third kappa shape index (κ3) is 3.95. The van der Waals surface area contributed by atoms with Crippen molar-refractivity contribution in [3.63, 3.8) is 0 Å². The van der Waals surface area contributed by atoms with Crippen LogP contribution in [0.5, 0.6) is 5.75 Å². The minimum Gasteiger partial charge on any atom is -0.497 e. The van der Waals surface area contributed by atoms with Gasteiger partial charge in [-0.25, -0.2) is 4.79 Å². The molecule has 0 bridgehead atoms. The topological polar surface area (TPSA) is 84.7 Å². The Morgan fingerprint density at radius 1 is 1.43 bits per heavy atom. The Balaban J connectivity index is 1.77. The van der Waals surface area contributed by atoms with E-state index in [0.717, 1.165) is 17.7 Å². The molecule has 1 aromatic carbocycles. The number of carbonyl (C=O) groups is 2. The molecule has 1 heterocycles. The van der Waals surface area contributed by atoms with E-state index in [1.165, 1.54) is 4.90 Å². The monoisotopic (exact) mass is 291 g/mol. The zero-order chi connectivity index (χ0) is 15.2. The summed E-state index contributed by atoms with van der Waals surface area (Å²) >= 11 is 0. The van der Waals surface area contributed by atoms with Crippen LogP contribution in [0, 0.1) is 0 Å². The lowest BCUT2D eigenvalue weighted by Gasteiger charge is -2.16. The molecule has 1 aliphatic rings. The van der Waals surface area contributed by atoms with Crippen molar-refractivity contribution in [3.8, 4) is 5.75 Å². The second-order valence-corrected chi connectivity index (χ2v) is 5.05. The number of nitrogens with one attached hydrogen (secondary N) is 1. The van der Waals surface area contributed by atoms with E-state index >= 15 is 0 Å². The SMILES string of the molecule is COc1ccc(C(N)CCNC(=O)N2CCCC2=O)cc1. The Kier molecular flexibility index (Phi) is 5.16. The lowest BCUT2D eigenvalue weighted by molar-refractivity contribution is -0.125. The average molecular weight is 291 g/mol. The summed E-state index contributed by atoms with van der Waals surface area (Å²) < 4.78 is 5.09. The normalized spacial score (nSPS) is 15.9. The van der Waals surface area contributed by atoms with Gasteiger partial charge >= 0.3 is 6.03 Å². The van der Waals surface area contributed by atoms with Gasteiger partial charge in [0, 0.05) is 25.6 Å². The number of ether oxygens (including phenoxy) is 1. The number of nitrogens with two attached hydrogens (primary N) is 1. The van der Waals surface area contributed by atoms with Gasteiger partial charge in [0.05, 0.1) is 7.11 Å². The fraction of sp³-hybridized carbons (Fsp3) is 0.467. The molecule has 0 saturated carbocycles. The maximum Gasteiger partial charge on any atom is 0.324 e. The standard InChI is InChI=1S/C15H21N3O3/c1-21-12-6-4-11(5-7-12)13(16)8-9-17-15(20)18-10-2-3-14(18)19/h4-7,13H,2-3,8-10,16H2,1H3,(H,17,20). The molecule has 3 amide bonds. The van der Waals surface area contributed by atoms with Crippen molar-refractivity contribution in [2.24, 2.45) is 5.73 Å². The van der Waals surface area contributed by atoms with E-state index in [-0.39, 0.29) is 18.0 Å². The van der Waals surface area contributed by atoms with Gasteiger partial charge < -0.3 is 15.8 Å². The highest BCUT2D eigenvalue weighted by atomic mass is 16.5. The summed E-state index contributed by atoms with van der Waals surface area (Å²) in [5.74, 6) is 0.679. The number of rotatable bonds is 5. The smallest absolute Gasteiger partial charge is 0.324 e. The van der Waals surface area contributed by atoms with Gasteiger partial charge in [-0.2, -0.15) is 0 Å². The summed E-state index contributed by atoms with van der Waals surface area (Å²) in [6, 6.07) is 7.06. The van der Waals surface area contributed by atoms with E-state index in [0.29, 0.717) is 25.9 Å². The Hall–Kier alpha value is -2.08. The van der Waals surface area contributed by atoms with Gasteiger partial charge in [-0.05, 0) is 30.5 Å². The van der Waals surface area contributed by atoms with Gasteiger partial charge in [-0.3, -0.25) is 9.69 Å². The molecule has 0 radical (unpaired) electrons. The highest BCUT2D eigenvalue weighted by Crippen LogP contribution is 2.18. The van der Waals surface area contributed by atoms with Crippen LogP contribution in [0.4, 0.5) is 4.79 Å². The number of carbonyl (C=O) groups excluding carboxylic acids is 2. The van der Waals surface area contributed by atoms with Crippen LogP contribution in [0.2, 0.25) is 0 Å². The van der Waals surface area contributed by atoms with Gasteiger partial charge in [0.25, 0.3) is 0 Å². The van der Waals surface area contributed by atoms with Crippen LogP contribution in [-0.4, -0.2) is 37.0 Å². The Labute approximate surface area is 124 Å². The third-order valence-electron chi connectivity index (χ3n) is 3.59. The highest BCUT2D eigenvalue weighted by molar-refractivity contribution is 5.95. The minimum atomic E-state index is -0.320. The number of hydrogen-bond acceptors (Lipinski definition) is 4. The van der Waals surface area contributed by atoms with Gasteiger partial charge in [0.1, 0.15) is 5.75 Å². The van der Waals surface area contributed by atoms with E-state index < -0.39 is 0 Å². The van der Waals surface area contributed by atoms with Crippen LogP contribution in [0.3, 0.4) is 0 Å². The third-order valence-corrected chi connectivity index (χ3v) is 3.59. The maximum absolute atomic E-state index is 11.8. The Morgan fingerprint density at radius 3 is 2.71 bits per heavy atom. The van der Waals surface area contributed by atoms with Gasteiger partial charge in [0.2, 0.25) is 5.91 Å². The second kappa shape index (κ2) is 7.08. The molecule has 2 rings (SSSR count). The molecule has 6 nitrogen and oxygen atoms in total. The number of likely N-dealkylation sites (tertiary alicyclic amines) is 1. The molecule has 114 valence electrons. The lowest BCUT2D eigenvalue weighted by atomic mass is 10.0. The van der Waals surface area contributed by atoms with Crippen molar-refractivity contribution < 1.29 is 14.3 Å². The molecule has 3 N–H and O–H groups in total. The zero-order valence-corrected chi connectivity index (χ0v) is 12.2. The van der Waals surface area contributed by atoms with Crippen LogP contribution in [0.1, 0.15) is 30.9 Å². The predicted octanol–water partition coefficient (Wildman–Crippen LogP) is 1.42. The van der Waals surface area contributed by atoms with Crippen molar-refractivity contribution in [1.29, 1.82) is 0 Å². The van der Waals surface area contributed by atoms with Gasteiger partial charge in [-0.15, -0.1) is 0 Å². The average Bonchev–Trinajstić information content (AvgIpc) is 2.93. The molecular weight excluding hydrogens is 270 g/mol. The van der Waals surface area contributed by atoms with Crippen molar-refractivity contribution in [2.45, 2.75) is 25.3 Å². The summed E-state index contributed by atoms with van der Waals surface area (Å²) in [5.41, 5.74) is 7.07. The zero-order valence-electron chi connectivity index (χ0n) is 12.2. The first kappa shape index (κ1) is 15.3. The minimum absolute atomic E-state index is 0.105. The summed E-state index contributed by atoms with van der Waals surface area (Å²) in [5, 5.41) is 2.74. The second-order valence-electron chi connectivity index (χ2n) is 5.05. The summed E-state index contributed by atoms with van der Waals surface area (Å²) in [6.45, 7) is 0.949. The van der Waals surface area contributed by atoms with Crippen LogP contribution in [0.25, 0.3) is 0 Å². The number of methoxy groups -OCH3 is 1. The quantitative estimate of drug-likeness (QED) is 0.859. The first-order valence-electron chi connectivity index (χ1n) is 7.09. The fourth-order valence-electron chi connectivity index (χ4n) is 2.31. The number of urea groups is 1. The summed E-state index contributed by atoms with van der Waals surface area (Å²) in [6.07, 6.45) is 1.82. The maximum atomic E-state index is 11.8. The lowest BCUT2D eigenvalue weighted by Crippen LogP contribution is -2.41. The molecule has 1 aromatic rings. The summed E-state index contributed by atoms with van der Waals surface area (Å²) in [7, 11) is 1.62. The van der Waals surface area contributed by atoms with E-state index in [4.69, 9.17) is 10.5 Å². The molecule has 1 aliphatic heterocycles. The fourth-order valence-corrected chi connectivity index (χ4v) is 2.31. The van der Waals surface area contributed by atoms with E-state index in [1.807, 2.05) is 24.3 Å². The molecule has 1 saturated heterocycles. The first-order valence-corrected chi connectivity index (χ1v) is 7.09. The Morgan fingerprint density at radius 2 is 2.14 bits per heavy atom. The first-order chi connectivity index (χ1) is 10.1. The Bertz CT molecular complexity index is 501. The molecule has 1 unspecified atom stereocenters. The molecule has 0 spiro atoms. The van der Waals surface area contributed by atoms with Crippen molar-refractivity contribution in [2.75, 3.05) is 20.2 Å². The largest absolute Gasteiger partial charge is 0.497 e. The summed E-state index contributed by atoms with van der Waals surface area (Å²) in [4.78, 5) is 24.5. The highest BCUT2D eigenvalue weighted by Gasteiger charge is 2.25. The number of benzene rings is 1. The number of nitrogens with zero attached hydrogens (tertiary/aromatic N) is 1. The van der Waals surface area contributed by atoms with Crippen LogP contribution in [-0.2, 0) is 4.79 Å². The van der Waals surface area contributed by atoms with E-state index in [9.17, 15) is 9.59 Å². The van der Waals surface area contributed by atoms with Gasteiger partial charge in [0.15, 0.2) is 0 Å². The molecule has 1 atom stereocenters. The van der Waals surface area contributed by atoms with E-state index in [2.05, 4.69) is 5.32 Å².